The zero-order valence-corrected chi connectivity index (χ0v) is 10.8. The molecule has 2 aromatic rings. The first kappa shape index (κ1) is 9.40. The van der Waals surface area contributed by atoms with Crippen LogP contribution in [0.15, 0.2) is 28.9 Å². The molecule has 0 fully saturated rings. The van der Waals surface area contributed by atoms with Crippen LogP contribution >= 0.6 is 38.5 Å². The van der Waals surface area contributed by atoms with Gasteiger partial charge in [-0.15, -0.1) is 0 Å². The number of aryl methyl sites for hydroxylation is 1. The third-order valence-corrected chi connectivity index (χ3v) is 3.63. The van der Waals surface area contributed by atoms with Crippen molar-refractivity contribution < 1.29 is 0 Å². The number of aromatic nitrogens is 1. The average molecular weight is 348 g/mol. The Bertz CT molecular complexity index is 462. The third-order valence-electron chi connectivity index (χ3n) is 2.02. The Morgan fingerprint density at radius 2 is 1.92 bits per heavy atom. The Labute approximate surface area is 98.8 Å². The first-order valence-corrected chi connectivity index (χ1v) is 5.77. The minimum Gasteiger partial charge on any atom is -0.241 e. The van der Waals surface area contributed by atoms with Crippen LogP contribution in [0.25, 0.3) is 10.9 Å². The van der Waals surface area contributed by atoms with Crippen molar-refractivity contribution in [3.63, 3.8) is 0 Å². The van der Waals surface area contributed by atoms with Crippen LogP contribution < -0.4 is 0 Å². The summed E-state index contributed by atoms with van der Waals surface area (Å²) >= 11 is 5.71. The van der Waals surface area contributed by atoms with Gasteiger partial charge < -0.3 is 0 Å². The predicted octanol–water partition coefficient (Wildman–Crippen LogP) is 3.91. The van der Waals surface area contributed by atoms with Crippen molar-refractivity contribution in [3.8, 4) is 0 Å². The number of hydrogen-bond donors (Lipinski definition) is 0. The van der Waals surface area contributed by atoms with Crippen molar-refractivity contribution in [3.05, 3.63) is 38.0 Å². The molecule has 0 bridgehead atoms. The maximum atomic E-state index is 4.45. The van der Waals surface area contributed by atoms with E-state index in [2.05, 4.69) is 68.6 Å². The quantitative estimate of drug-likeness (QED) is 0.520. The van der Waals surface area contributed by atoms with Crippen LogP contribution in [-0.2, 0) is 0 Å². The molecule has 0 aliphatic heterocycles. The van der Waals surface area contributed by atoms with E-state index in [4.69, 9.17) is 0 Å². The molecule has 66 valence electrons. The van der Waals surface area contributed by atoms with Gasteiger partial charge in [0.15, 0.2) is 0 Å². The number of pyridine rings is 1. The first-order valence-electron chi connectivity index (χ1n) is 3.90. The van der Waals surface area contributed by atoms with Gasteiger partial charge >= 0.3 is 0 Å². The van der Waals surface area contributed by atoms with E-state index in [9.17, 15) is 0 Å². The van der Waals surface area contributed by atoms with Gasteiger partial charge in [0.05, 0.1) is 5.52 Å². The fraction of sp³-hybridized carbons (Fsp3) is 0.100. The van der Waals surface area contributed by atoms with Gasteiger partial charge in [0.1, 0.15) is 4.60 Å². The van der Waals surface area contributed by atoms with Crippen molar-refractivity contribution in [2.24, 2.45) is 0 Å². The van der Waals surface area contributed by atoms with Crippen molar-refractivity contribution in [2.75, 3.05) is 0 Å². The molecular weight excluding hydrogens is 341 g/mol. The Morgan fingerprint density at radius 3 is 2.69 bits per heavy atom. The van der Waals surface area contributed by atoms with Gasteiger partial charge in [-0.3, -0.25) is 0 Å². The molecular formula is C10H7BrIN. The van der Waals surface area contributed by atoms with Crippen LogP contribution in [0.3, 0.4) is 0 Å². The van der Waals surface area contributed by atoms with Gasteiger partial charge in [0, 0.05) is 8.96 Å². The van der Waals surface area contributed by atoms with E-state index in [1.165, 1.54) is 14.5 Å². The second-order valence-corrected chi connectivity index (χ2v) is 4.85. The highest BCUT2D eigenvalue weighted by atomic mass is 127. The lowest BCUT2D eigenvalue weighted by atomic mass is 10.1. The van der Waals surface area contributed by atoms with Gasteiger partial charge in [-0.2, -0.15) is 0 Å². The van der Waals surface area contributed by atoms with E-state index in [1.54, 1.807) is 0 Å². The zero-order chi connectivity index (χ0) is 9.42. The molecule has 0 radical (unpaired) electrons. The molecule has 0 unspecified atom stereocenters. The number of nitrogens with zero attached hydrogens (tertiary/aromatic N) is 1. The van der Waals surface area contributed by atoms with E-state index >= 15 is 0 Å². The van der Waals surface area contributed by atoms with Crippen molar-refractivity contribution >= 4 is 49.4 Å². The molecule has 1 aromatic heterocycles. The maximum absolute atomic E-state index is 4.45. The molecule has 1 nitrogen and oxygen atoms in total. The lowest BCUT2D eigenvalue weighted by Gasteiger charge is -2.03. The number of hydrogen-bond acceptors (Lipinski definition) is 1. The van der Waals surface area contributed by atoms with Crippen LogP contribution in [0.4, 0.5) is 0 Å². The molecule has 13 heavy (non-hydrogen) atoms. The van der Waals surface area contributed by atoms with Crippen LogP contribution in [0, 0.1) is 10.5 Å². The lowest BCUT2D eigenvalue weighted by Crippen LogP contribution is -1.87. The lowest BCUT2D eigenvalue weighted by molar-refractivity contribution is 1.31. The highest BCUT2D eigenvalue weighted by Gasteiger charge is 2.02. The molecule has 0 saturated carbocycles. The van der Waals surface area contributed by atoms with Gasteiger partial charge in [0.2, 0.25) is 0 Å². The van der Waals surface area contributed by atoms with Crippen molar-refractivity contribution in [1.29, 1.82) is 0 Å². The summed E-state index contributed by atoms with van der Waals surface area (Å²) in [7, 11) is 0. The smallest absolute Gasteiger partial charge is 0.106 e. The summed E-state index contributed by atoms with van der Waals surface area (Å²) in [4.78, 5) is 4.45. The molecule has 0 saturated heterocycles. The van der Waals surface area contributed by atoms with Crippen LogP contribution in [0.5, 0.6) is 0 Å². The number of fused-ring (bicyclic) bond motifs is 1. The summed E-state index contributed by atoms with van der Waals surface area (Å²) in [6.45, 7) is 2.10. The van der Waals surface area contributed by atoms with Crippen LogP contribution in [0.1, 0.15) is 5.56 Å². The van der Waals surface area contributed by atoms with Gasteiger partial charge in [-0.25, -0.2) is 4.98 Å². The molecule has 0 aliphatic carbocycles. The molecule has 1 heterocycles. The van der Waals surface area contributed by atoms with E-state index in [0.29, 0.717) is 0 Å². The van der Waals surface area contributed by atoms with Crippen LogP contribution in [-0.4, -0.2) is 4.98 Å². The molecule has 1 aromatic carbocycles. The monoisotopic (exact) mass is 347 g/mol. The Morgan fingerprint density at radius 1 is 1.23 bits per heavy atom. The summed E-state index contributed by atoms with van der Waals surface area (Å²) in [5, 5.41) is 1.20. The highest BCUT2D eigenvalue weighted by molar-refractivity contribution is 14.1. The summed E-state index contributed by atoms with van der Waals surface area (Å²) in [6.07, 6.45) is 0. The zero-order valence-electron chi connectivity index (χ0n) is 7.01. The molecule has 0 N–H and O–H groups in total. The summed E-state index contributed by atoms with van der Waals surface area (Å²) in [5.74, 6) is 0. The minimum atomic E-state index is 0.894. The van der Waals surface area contributed by atoms with Gasteiger partial charge in [-0.05, 0) is 63.1 Å². The largest absolute Gasteiger partial charge is 0.241 e. The van der Waals surface area contributed by atoms with E-state index in [1.807, 2.05) is 6.07 Å². The standard InChI is InChI=1S/C10H7BrIN/c1-6-8(12)4-2-7-3-5-9(11)13-10(6)7/h2-5H,1H3. The second-order valence-electron chi connectivity index (χ2n) is 2.88. The molecule has 3 heteroatoms. The molecule has 0 atom stereocenters. The number of rotatable bonds is 0. The van der Waals surface area contributed by atoms with Crippen molar-refractivity contribution in [2.45, 2.75) is 6.92 Å². The van der Waals surface area contributed by atoms with E-state index in [0.717, 1.165) is 10.1 Å². The third kappa shape index (κ3) is 1.72. The molecule has 0 aliphatic rings. The fourth-order valence-corrected chi connectivity index (χ4v) is 2.03. The average Bonchev–Trinajstić information content (AvgIpc) is 2.12. The number of halogens is 2. The Hall–Kier alpha value is -0.160. The molecule has 0 amide bonds. The normalized spacial score (nSPS) is 10.7. The summed E-state index contributed by atoms with van der Waals surface area (Å²) in [6, 6.07) is 8.27. The maximum Gasteiger partial charge on any atom is 0.106 e. The Balaban J connectivity index is 2.89. The van der Waals surface area contributed by atoms with Gasteiger partial charge in [-0.1, -0.05) is 12.1 Å². The first-order chi connectivity index (χ1) is 6.18. The SMILES string of the molecule is Cc1c(I)ccc2ccc(Br)nc12. The Kier molecular flexibility index (Phi) is 2.55. The van der Waals surface area contributed by atoms with Gasteiger partial charge in [0.25, 0.3) is 0 Å². The minimum absolute atomic E-state index is 0.894. The topological polar surface area (TPSA) is 12.9 Å². The summed E-state index contributed by atoms with van der Waals surface area (Å²) < 4.78 is 2.15. The predicted molar refractivity (Wildman–Crippen MR) is 66.9 cm³/mol. The van der Waals surface area contributed by atoms with E-state index in [-0.39, 0.29) is 0 Å². The fourth-order valence-electron chi connectivity index (χ4n) is 1.28. The summed E-state index contributed by atoms with van der Waals surface area (Å²) in [5.41, 5.74) is 2.33. The molecule has 0 spiro atoms. The highest BCUT2D eigenvalue weighted by Crippen LogP contribution is 2.22. The van der Waals surface area contributed by atoms with Crippen LogP contribution in [0.2, 0.25) is 0 Å². The number of benzene rings is 1. The second kappa shape index (κ2) is 3.53. The molecule has 2 rings (SSSR count). The van der Waals surface area contributed by atoms with Crippen molar-refractivity contribution in [1.82, 2.24) is 4.98 Å². The van der Waals surface area contributed by atoms with E-state index < -0.39 is 0 Å².